The Morgan fingerprint density at radius 3 is 2.56 bits per heavy atom. The standard InChI is InChI=1S/C14H23NO3/c1-10(2)13-9-12(14(16)18-5)11(3)15(13)7-6-8-17-4/h9-10H,6-8H2,1-5H3. The summed E-state index contributed by atoms with van der Waals surface area (Å²) in [5.74, 6) is 0.115. The number of nitrogens with zero attached hydrogens (tertiary/aromatic N) is 1. The molecule has 0 aliphatic rings. The number of hydrogen-bond acceptors (Lipinski definition) is 3. The van der Waals surface area contributed by atoms with Crippen LogP contribution in [0.3, 0.4) is 0 Å². The highest BCUT2D eigenvalue weighted by atomic mass is 16.5. The molecule has 0 fully saturated rings. The number of esters is 1. The average molecular weight is 253 g/mol. The highest BCUT2D eigenvalue weighted by Gasteiger charge is 2.19. The summed E-state index contributed by atoms with van der Waals surface area (Å²) in [7, 11) is 3.12. The number of rotatable bonds is 6. The van der Waals surface area contributed by atoms with E-state index in [1.807, 2.05) is 13.0 Å². The van der Waals surface area contributed by atoms with Crippen molar-refractivity contribution < 1.29 is 14.3 Å². The lowest BCUT2D eigenvalue weighted by atomic mass is 10.1. The molecule has 4 nitrogen and oxygen atoms in total. The quantitative estimate of drug-likeness (QED) is 0.578. The van der Waals surface area contributed by atoms with Crippen LogP contribution in [-0.4, -0.2) is 31.4 Å². The zero-order valence-electron chi connectivity index (χ0n) is 11.9. The smallest absolute Gasteiger partial charge is 0.339 e. The topological polar surface area (TPSA) is 40.5 Å². The van der Waals surface area contributed by atoms with Gasteiger partial charge >= 0.3 is 5.97 Å². The highest BCUT2D eigenvalue weighted by Crippen LogP contribution is 2.23. The van der Waals surface area contributed by atoms with Gasteiger partial charge in [-0.15, -0.1) is 0 Å². The minimum atomic E-state index is -0.264. The lowest BCUT2D eigenvalue weighted by Gasteiger charge is -2.13. The fraction of sp³-hybridized carbons (Fsp3) is 0.643. The molecule has 0 aliphatic heterocycles. The van der Waals surface area contributed by atoms with Crippen molar-refractivity contribution in [2.24, 2.45) is 0 Å². The molecule has 0 spiro atoms. The second kappa shape index (κ2) is 6.59. The van der Waals surface area contributed by atoms with Gasteiger partial charge in [-0.1, -0.05) is 13.8 Å². The summed E-state index contributed by atoms with van der Waals surface area (Å²) in [4.78, 5) is 11.7. The molecule has 1 rings (SSSR count). The SMILES string of the molecule is COCCCn1c(C(C)C)cc(C(=O)OC)c1C. The number of carbonyl (C=O) groups is 1. The molecule has 0 atom stereocenters. The van der Waals surface area contributed by atoms with Crippen LogP contribution in [0.15, 0.2) is 6.07 Å². The Kier molecular flexibility index (Phi) is 5.41. The summed E-state index contributed by atoms with van der Waals surface area (Å²) in [6.45, 7) is 7.81. The molecule has 0 radical (unpaired) electrons. The van der Waals surface area contributed by atoms with E-state index in [-0.39, 0.29) is 5.97 Å². The maximum Gasteiger partial charge on any atom is 0.339 e. The van der Waals surface area contributed by atoms with Crippen molar-refractivity contribution in [3.63, 3.8) is 0 Å². The van der Waals surface area contributed by atoms with Crippen LogP contribution in [0.4, 0.5) is 0 Å². The monoisotopic (exact) mass is 253 g/mol. The first-order valence-electron chi connectivity index (χ1n) is 6.30. The van der Waals surface area contributed by atoms with Crippen LogP contribution < -0.4 is 0 Å². The van der Waals surface area contributed by atoms with Gasteiger partial charge in [-0.2, -0.15) is 0 Å². The van der Waals surface area contributed by atoms with E-state index in [4.69, 9.17) is 9.47 Å². The second-order valence-corrected chi connectivity index (χ2v) is 4.71. The minimum Gasteiger partial charge on any atom is -0.465 e. The third-order valence-corrected chi connectivity index (χ3v) is 3.13. The van der Waals surface area contributed by atoms with E-state index in [0.29, 0.717) is 11.5 Å². The molecule has 0 unspecified atom stereocenters. The Hall–Kier alpha value is -1.29. The van der Waals surface area contributed by atoms with Crippen molar-refractivity contribution in [2.75, 3.05) is 20.8 Å². The van der Waals surface area contributed by atoms with Gasteiger partial charge in [-0.05, 0) is 25.3 Å². The molecule has 0 amide bonds. The number of ether oxygens (including phenoxy) is 2. The second-order valence-electron chi connectivity index (χ2n) is 4.71. The van der Waals surface area contributed by atoms with Gasteiger partial charge in [0, 0.05) is 31.6 Å². The third kappa shape index (κ3) is 3.13. The average Bonchev–Trinajstić information content (AvgIpc) is 2.67. The lowest BCUT2D eigenvalue weighted by Crippen LogP contribution is -2.09. The molecule has 18 heavy (non-hydrogen) atoms. The van der Waals surface area contributed by atoms with Gasteiger partial charge in [-0.25, -0.2) is 4.79 Å². The fourth-order valence-electron chi connectivity index (χ4n) is 2.13. The van der Waals surface area contributed by atoms with Gasteiger partial charge in [0.25, 0.3) is 0 Å². The van der Waals surface area contributed by atoms with Crippen LogP contribution in [0.2, 0.25) is 0 Å². The van der Waals surface area contributed by atoms with Crippen LogP contribution >= 0.6 is 0 Å². The van der Waals surface area contributed by atoms with Crippen molar-refractivity contribution in [3.8, 4) is 0 Å². The van der Waals surface area contributed by atoms with E-state index in [1.165, 1.54) is 12.8 Å². The predicted molar refractivity (Wildman–Crippen MR) is 71.1 cm³/mol. The lowest BCUT2D eigenvalue weighted by molar-refractivity contribution is 0.0599. The van der Waals surface area contributed by atoms with E-state index < -0.39 is 0 Å². The maximum absolute atomic E-state index is 11.7. The Balaban J connectivity index is 3.04. The van der Waals surface area contributed by atoms with Crippen LogP contribution in [0.25, 0.3) is 0 Å². The summed E-state index contributed by atoms with van der Waals surface area (Å²) < 4.78 is 12.1. The van der Waals surface area contributed by atoms with Gasteiger partial charge in [-0.3, -0.25) is 0 Å². The molecule has 0 bridgehead atoms. The molecule has 102 valence electrons. The predicted octanol–water partition coefficient (Wildman–Crippen LogP) is 2.74. The normalized spacial score (nSPS) is 11.0. The van der Waals surface area contributed by atoms with Gasteiger partial charge < -0.3 is 14.0 Å². The van der Waals surface area contributed by atoms with Crippen LogP contribution in [-0.2, 0) is 16.0 Å². The highest BCUT2D eigenvalue weighted by molar-refractivity contribution is 5.91. The van der Waals surface area contributed by atoms with Crippen LogP contribution in [0.5, 0.6) is 0 Å². The Labute approximate surface area is 109 Å². The summed E-state index contributed by atoms with van der Waals surface area (Å²) in [6.07, 6.45) is 0.937. The number of carbonyl (C=O) groups excluding carboxylic acids is 1. The summed E-state index contributed by atoms with van der Waals surface area (Å²) in [6, 6.07) is 1.94. The van der Waals surface area contributed by atoms with E-state index >= 15 is 0 Å². The molecule has 0 saturated carbocycles. The zero-order chi connectivity index (χ0) is 13.7. The van der Waals surface area contributed by atoms with Crippen molar-refractivity contribution in [2.45, 2.75) is 39.7 Å². The molecule has 0 aromatic carbocycles. The number of hydrogen-bond donors (Lipinski definition) is 0. The zero-order valence-corrected chi connectivity index (χ0v) is 11.9. The Morgan fingerprint density at radius 2 is 2.06 bits per heavy atom. The molecule has 1 heterocycles. The van der Waals surface area contributed by atoms with Gasteiger partial charge in [0.15, 0.2) is 0 Å². The van der Waals surface area contributed by atoms with Gasteiger partial charge in [0.1, 0.15) is 0 Å². The van der Waals surface area contributed by atoms with Crippen molar-refractivity contribution in [3.05, 3.63) is 23.0 Å². The fourth-order valence-corrected chi connectivity index (χ4v) is 2.13. The van der Waals surface area contributed by atoms with E-state index in [1.54, 1.807) is 7.11 Å². The summed E-state index contributed by atoms with van der Waals surface area (Å²) in [5, 5.41) is 0. The first kappa shape index (κ1) is 14.8. The Bertz CT molecular complexity index is 407. The molecule has 0 saturated heterocycles. The van der Waals surface area contributed by atoms with E-state index in [0.717, 1.165) is 25.3 Å². The van der Waals surface area contributed by atoms with Crippen LogP contribution in [0, 0.1) is 6.92 Å². The van der Waals surface area contributed by atoms with E-state index in [9.17, 15) is 4.79 Å². The largest absolute Gasteiger partial charge is 0.465 e. The number of aromatic nitrogens is 1. The summed E-state index contributed by atoms with van der Waals surface area (Å²) in [5.41, 5.74) is 2.81. The van der Waals surface area contributed by atoms with Crippen molar-refractivity contribution >= 4 is 5.97 Å². The van der Waals surface area contributed by atoms with Gasteiger partial charge in [0.05, 0.1) is 12.7 Å². The first-order chi connectivity index (χ1) is 8.52. The third-order valence-electron chi connectivity index (χ3n) is 3.13. The summed E-state index contributed by atoms with van der Waals surface area (Å²) >= 11 is 0. The minimum absolute atomic E-state index is 0.264. The maximum atomic E-state index is 11.7. The molecular weight excluding hydrogens is 230 g/mol. The molecular formula is C14H23NO3. The van der Waals surface area contributed by atoms with Gasteiger partial charge in [0.2, 0.25) is 0 Å². The van der Waals surface area contributed by atoms with Crippen molar-refractivity contribution in [1.29, 1.82) is 0 Å². The number of methoxy groups -OCH3 is 2. The van der Waals surface area contributed by atoms with E-state index in [2.05, 4.69) is 18.4 Å². The first-order valence-corrected chi connectivity index (χ1v) is 6.30. The molecule has 0 aliphatic carbocycles. The van der Waals surface area contributed by atoms with Crippen LogP contribution in [0.1, 0.15) is 47.9 Å². The van der Waals surface area contributed by atoms with Crippen molar-refractivity contribution in [1.82, 2.24) is 4.57 Å². The molecule has 1 aromatic heterocycles. The molecule has 0 N–H and O–H groups in total. The molecule has 1 aromatic rings. The Morgan fingerprint density at radius 1 is 1.39 bits per heavy atom. The molecule has 4 heteroatoms.